The van der Waals surface area contributed by atoms with Crippen molar-refractivity contribution in [3.8, 4) is 0 Å². The number of hydrogen-bond donors (Lipinski definition) is 0. The zero-order valence-electron chi connectivity index (χ0n) is 10.6. The molecule has 2 aromatic rings. The Kier molecular flexibility index (Phi) is 2.67. The van der Waals surface area contributed by atoms with Gasteiger partial charge in [0.05, 0.1) is 23.8 Å². The fourth-order valence-corrected chi connectivity index (χ4v) is 3.45. The lowest BCUT2D eigenvalue weighted by Crippen LogP contribution is -2.43. The molecule has 2 unspecified atom stereocenters. The van der Waals surface area contributed by atoms with Crippen molar-refractivity contribution >= 4 is 23.1 Å². The molecule has 2 saturated heterocycles. The van der Waals surface area contributed by atoms with Crippen LogP contribution in [0.4, 0.5) is 5.82 Å². The summed E-state index contributed by atoms with van der Waals surface area (Å²) >= 11 is 6.14. The number of aromatic nitrogens is 2. The van der Waals surface area contributed by atoms with Crippen LogP contribution in [0.5, 0.6) is 0 Å². The van der Waals surface area contributed by atoms with Gasteiger partial charge >= 0.3 is 0 Å². The topological polar surface area (TPSA) is 29.8 Å². The number of morpholine rings is 1. The second-order valence-electron chi connectivity index (χ2n) is 5.31. The number of nitrogens with zero attached hydrogens (tertiary/aromatic N) is 3. The molecule has 0 aliphatic carbocycles. The van der Waals surface area contributed by atoms with Gasteiger partial charge < -0.3 is 14.0 Å². The van der Waals surface area contributed by atoms with Crippen LogP contribution < -0.4 is 4.90 Å². The highest BCUT2D eigenvalue weighted by Crippen LogP contribution is 2.31. The van der Waals surface area contributed by atoms with Gasteiger partial charge in [0.1, 0.15) is 5.65 Å². The van der Waals surface area contributed by atoms with Crippen molar-refractivity contribution in [2.24, 2.45) is 0 Å². The fraction of sp³-hybridized carbons (Fsp3) is 0.500. The quantitative estimate of drug-likeness (QED) is 0.790. The molecule has 2 aliphatic rings. The molecule has 2 atom stereocenters. The van der Waals surface area contributed by atoms with Gasteiger partial charge in [0.25, 0.3) is 0 Å². The molecular weight excluding hydrogens is 262 g/mol. The van der Waals surface area contributed by atoms with E-state index in [1.165, 1.54) is 12.8 Å². The number of alkyl halides is 1. The molecule has 0 aromatic carbocycles. The van der Waals surface area contributed by atoms with E-state index in [0.717, 1.165) is 30.2 Å². The Morgan fingerprint density at radius 3 is 2.79 bits per heavy atom. The van der Waals surface area contributed by atoms with Crippen molar-refractivity contribution < 1.29 is 4.74 Å². The van der Waals surface area contributed by atoms with Gasteiger partial charge in [-0.15, -0.1) is 11.6 Å². The number of pyridine rings is 1. The molecule has 4 rings (SSSR count). The molecule has 100 valence electrons. The smallest absolute Gasteiger partial charge is 0.152 e. The van der Waals surface area contributed by atoms with Crippen LogP contribution in [-0.4, -0.2) is 34.7 Å². The molecule has 2 aromatic heterocycles. The molecule has 2 aliphatic heterocycles. The Morgan fingerprint density at radius 2 is 2.05 bits per heavy atom. The Morgan fingerprint density at radius 1 is 1.26 bits per heavy atom. The highest BCUT2D eigenvalue weighted by atomic mass is 35.5. The monoisotopic (exact) mass is 277 g/mol. The number of rotatable bonds is 2. The van der Waals surface area contributed by atoms with Gasteiger partial charge in [-0.05, 0) is 25.0 Å². The van der Waals surface area contributed by atoms with E-state index in [1.807, 2.05) is 24.4 Å². The maximum Gasteiger partial charge on any atom is 0.152 e. The summed E-state index contributed by atoms with van der Waals surface area (Å²) in [5.41, 5.74) is 2.05. The summed E-state index contributed by atoms with van der Waals surface area (Å²) in [4.78, 5) is 7.10. The normalized spacial score (nSPS) is 26.3. The third-order valence-electron chi connectivity index (χ3n) is 4.08. The molecule has 5 heteroatoms. The van der Waals surface area contributed by atoms with Crippen molar-refractivity contribution in [2.45, 2.75) is 30.9 Å². The van der Waals surface area contributed by atoms with Crippen molar-refractivity contribution in [2.75, 3.05) is 18.0 Å². The fourth-order valence-electron chi connectivity index (χ4n) is 3.20. The summed E-state index contributed by atoms with van der Waals surface area (Å²) in [6.45, 7) is 1.87. The van der Waals surface area contributed by atoms with Crippen molar-refractivity contribution in [3.05, 3.63) is 30.1 Å². The summed E-state index contributed by atoms with van der Waals surface area (Å²) in [5.74, 6) is 1.51. The first kappa shape index (κ1) is 11.6. The number of halogens is 1. The molecule has 4 heterocycles. The minimum Gasteiger partial charge on any atom is -0.371 e. The van der Waals surface area contributed by atoms with E-state index < -0.39 is 0 Å². The molecule has 19 heavy (non-hydrogen) atoms. The maximum absolute atomic E-state index is 6.14. The van der Waals surface area contributed by atoms with E-state index in [9.17, 15) is 0 Å². The molecule has 0 radical (unpaired) electrons. The predicted octanol–water partition coefficient (Wildman–Crippen LogP) is 2.44. The molecule has 0 saturated carbocycles. The van der Waals surface area contributed by atoms with Crippen LogP contribution in [0.2, 0.25) is 0 Å². The second-order valence-corrected chi connectivity index (χ2v) is 5.57. The summed E-state index contributed by atoms with van der Waals surface area (Å²) in [7, 11) is 0. The average molecular weight is 278 g/mol. The Bertz CT molecular complexity index is 600. The molecular formula is C14H16ClN3O. The minimum atomic E-state index is 0.367. The lowest BCUT2D eigenvalue weighted by Gasteiger charge is -2.32. The van der Waals surface area contributed by atoms with Crippen LogP contribution in [0, 0.1) is 0 Å². The SMILES string of the molecule is ClCc1c(N2CC3CCC(C2)O3)nc2ccccn12. The van der Waals surface area contributed by atoms with E-state index in [2.05, 4.69) is 9.30 Å². The van der Waals surface area contributed by atoms with Gasteiger partial charge in [-0.1, -0.05) is 6.07 Å². The molecule has 2 fully saturated rings. The largest absolute Gasteiger partial charge is 0.371 e. The van der Waals surface area contributed by atoms with Gasteiger partial charge in [0.2, 0.25) is 0 Å². The highest BCUT2D eigenvalue weighted by Gasteiger charge is 2.35. The molecule has 0 spiro atoms. The van der Waals surface area contributed by atoms with E-state index >= 15 is 0 Å². The summed E-state index contributed by atoms with van der Waals surface area (Å²) < 4.78 is 7.97. The van der Waals surface area contributed by atoms with Crippen LogP contribution >= 0.6 is 11.6 Å². The number of imidazole rings is 1. The lowest BCUT2D eigenvalue weighted by molar-refractivity contribution is 0.0302. The Hall–Kier alpha value is -1.26. The number of ether oxygens (including phenoxy) is 1. The van der Waals surface area contributed by atoms with Crippen LogP contribution in [0.15, 0.2) is 24.4 Å². The van der Waals surface area contributed by atoms with Gasteiger partial charge in [0, 0.05) is 19.3 Å². The number of anilines is 1. The van der Waals surface area contributed by atoms with Gasteiger partial charge in [0.15, 0.2) is 5.82 Å². The van der Waals surface area contributed by atoms with Gasteiger partial charge in [-0.3, -0.25) is 0 Å². The van der Waals surface area contributed by atoms with E-state index in [1.54, 1.807) is 0 Å². The van der Waals surface area contributed by atoms with Crippen molar-refractivity contribution in [3.63, 3.8) is 0 Å². The first-order valence-electron chi connectivity index (χ1n) is 6.77. The highest BCUT2D eigenvalue weighted by molar-refractivity contribution is 6.17. The number of hydrogen-bond acceptors (Lipinski definition) is 3. The van der Waals surface area contributed by atoms with E-state index in [0.29, 0.717) is 18.1 Å². The second kappa shape index (κ2) is 4.39. The molecule has 4 nitrogen and oxygen atoms in total. The lowest BCUT2D eigenvalue weighted by atomic mass is 10.2. The third-order valence-corrected chi connectivity index (χ3v) is 4.33. The molecule has 0 N–H and O–H groups in total. The van der Waals surface area contributed by atoms with Crippen molar-refractivity contribution in [1.82, 2.24) is 9.38 Å². The Balaban J connectivity index is 1.78. The molecule has 2 bridgehead atoms. The van der Waals surface area contributed by atoms with Crippen LogP contribution in [0.25, 0.3) is 5.65 Å². The van der Waals surface area contributed by atoms with Crippen LogP contribution in [0.1, 0.15) is 18.5 Å². The van der Waals surface area contributed by atoms with Crippen LogP contribution in [-0.2, 0) is 10.6 Å². The summed E-state index contributed by atoms with van der Waals surface area (Å²) in [5, 5.41) is 0. The zero-order valence-corrected chi connectivity index (χ0v) is 11.4. The maximum atomic E-state index is 6.14. The minimum absolute atomic E-state index is 0.367. The first-order chi connectivity index (χ1) is 9.35. The van der Waals surface area contributed by atoms with Crippen LogP contribution in [0.3, 0.4) is 0 Å². The van der Waals surface area contributed by atoms with E-state index in [4.69, 9.17) is 21.3 Å². The summed E-state index contributed by atoms with van der Waals surface area (Å²) in [6.07, 6.45) is 5.10. The Labute approximate surface area is 116 Å². The van der Waals surface area contributed by atoms with Gasteiger partial charge in [-0.2, -0.15) is 0 Å². The zero-order chi connectivity index (χ0) is 12.8. The number of fused-ring (bicyclic) bond motifs is 3. The summed E-state index contributed by atoms with van der Waals surface area (Å²) in [6, 6.07) is 6.04. The van der Waals surface area contributed by atoms with Gasteiger partial charge in [-0.25, -0.2) is 4.98 Å². The third kappa shape index (κ3) is 1.82. The van der Waals surface area contributed by atoms with Crippen molar-refractivity contribution in [1.29, 1.82) is 0 Å². The van der Waals surface area contributed by atoms with E-state index in [-0.39, 0.29) is 0 Å². The molecule has 0 amide bonds. The average Bonchev–Trinajstić information content (AvgIpc) is 2.98. The standard InChI is InChI=1S/C14H16ClN3O/c15-7-12-14(16-13-3-1-2-6-18(12)13)17-8-10-4-5-11(9-17)19-10/h1-3,6,10-11H,4-5,7-9H2. The predicted molar refractivity (Wildman–Crippen MR) is 74.9 cm³/mol. The first-order valence-corrected chi connectivity index (χ1v) is 7.31.